The SMILES string of the molecule is CC(C)CCC[C@@H](C)[C@H]1CC[C@H]2[C@@H]3CC=C4C[C@@H](ON(CCOCCOCC(=O)N[C@H](C(=O)N[C@@H](CCCNC(N)=O)C(=O)Nc5ccc(CI)cc5)C(C)C)C(=O)O)CC[C@]4(C)[C@H]3CC[C@]12C. The molecule has 0 radical (unpaired) electrons. The summed E-state index contributed by atoms with van der Waals surface area (Å²) in [6.07, 6.45) is 14.8. The van der Waals surface area contributed by atoms with E-state index in [-0.39, 0.29) is 63.4 Å². The fourth-order valence-corrected chi connectivity index (χ4v) is 12.9. The number of rotatable bonds is 26. The normalized spacial score (nSPS) is 26.6. The molecule has 5 rings (SSSR count). The topological polar surface area (TPSA) is 211 Å². The smallest absolute Gasteiger partial charge is 0.431 e. The molecule has 3 saturated carbocycles. The van der Waals surface area contributed by atoms with E-state index < -0.39 is 41.9 Å². The second-order valence-electron chi connectivity index (χ2n) is 21.4. The molecule has 3 fully saturated rings. The van der Waals surface area contributed by atoms with E-state index in [2.05, 4.69) is 84.6 Å². The third kappa shape index (κ3) is 15.0. The van der Waals surface area contributed by atoms with Gasteiger partial charge in [-0.1, -0.05) is 114 Å². The lowest BCUT2D eigenvalue weighted by Gasteiger charge is -2.58. The number of urea groups is 1. The first kappa shape index (κ1) is 55.4. The molecule has 7 N–H and O–H groups in total. The summed E-state index contributed by atoms with van der Waals surface area (Å²) in [5, 5.41) is 21.9. The van der Waals surface area contributed by atoms with Crippen LogP contribution in [0.25, 0.3) is 0 Å². The Kier molecular flexibility index (Phi) is 21.3. The van der Waals surface area contributed by atoms with Gasteiger partial charge in [0.2, 0.25) is 17.7 Å². The molecular weight excluding hydrogens is 980 g/mol. The van der Waals surface area contributed by atoms with Crippen LogP contribution in [0.3, 0.4) is 0 Å². The number of anilines is 1. The van der Waals surface area contributed by atoms with Crippen LogP contribution >= 0.6 is 22.6 Å². The lowest BCUT2D eigenvalue weighted by molar-refractivity contribution is -0.187. The summed E-state index contributed by atoms with van der Waals surface area (Å²) in [7, 11) is 0. The number of carboxylic acid groups (broad SMARTS) is 1. The molecule has 16 heteroatoms. The minimum absolute atomic E-state index is 0.0291. The highest BCUT2D eigenvalue weighted by Crippen LogP contribution is 2.67. The third-order valence-corrected chi connectivity index (χ3v) is 16.9. The molecule has 0 saturated heterocycles. The molecule has 15 nitrogen and oxygen atoms in total. The summed E-state index contributed by atoms with van der Waals surface area (Å²) in [6.45, 7) is 16.1. The fourth-order valence-electron chi connectivity index (χ4n) is 12.4. The van der Waals surface area contributed by atoms with Crippen LogP contribution in [0.2, 0.25) is 0 Å². The molecule has 0 unspecified atom stereocenters. The number of amides is 6. The first-order valence-electron chi connectivity index (χ1n) is 25.5. The van der Waals surface area contributed by atoms with Crippen molar-refractivity contribution in [1.82, 2.24) is 21.0 Å². The van der Waals surface area contributed by atoms with Crippen molar-refractivity contribution in [3.8, 4) is 0 Å². The number of carbonyl (C=O) groups is 5. The van der Waals surface area contributed by atoms with Crippen LogP contribution in [0.5, 0.6) is 0 Å². The van der Waals surface area contributed by atoms with E-state index in [9.17, 15) is 29.1 Å². The Labute approximate surface area is 419 Å². The van der Waals surface area contributed by atoms with Gasteiger partial charge in [-0.25, -0.2) is 9.59 Å². The number of fused-ring (bicyclic) bond motifs is 5. The standard InChI is InChI=1S/C52H83IN6O9/c1-33(2)10-8-11-35(5)41-19-20-42-40-18-15-37-30-39(21-23-51(37,6)43(40)22-24-52(41,42)7)68-59(50(64)65)26-27-66-28-29-67-32-45(60)58-46(34(3)4)48(62)57-44(12-9-25-55-49(54)63)47(61)56-38-16-13-36(31-53)14-17-38/h13-17,33-35,39-44,46H,8-12,18-32H2,1-7H3,(H,56,61)(H,57,62)(H,58,60)(H,64,65)(H3,54,55,63)/t35-,39+,40+,41-,42+,43+,44+,46+,51+,52-/m1/s1. The number of carbonyl (C=O) groups excluding carboxylic acids is 4. The van der Waals surface area contributed by atoms with Crippen molar-refractivity contribution in [2.24, 2.45) is 58.0 Å². The van der Waals surface area contributed by atoms with Crippen molar-refractivity contribution in [3.63, 3.8) is 0 Å². The highest BCUT2D eigenvalue weighted by molar-refractivity contribution is 14.1. The number of nitrogens with one attached hydrogen (secondary N) is 4. The lowest BCUT2D eigenvalue weighted by atomic mass is 9.47. The molecule has 1 aromatic rings. The van der Waals surface area contributed by atoms with Crippen LogP contribution in [-0.2, 0) is 33.1 Å². The lowest BCUT2D eigenvalue weighted by Crippen LogP contribution is -2.55. The quantitative estimate of drug-likeness (QED) is 0.0172. The van der Waals surface area contributed by atoms with Crippen LogP contribution in [0.1, 0.15) is 138 Å². The van der Waals surface area contributed by atoms with Gasteiger partial charge in [-0.05, 0) is 134 Å². The molecule has 4 aliphatic rings. The number of hydroxylamine groups is 2. The summed E-state index contributed by atoms with van der Waals surface area (Å²) in [5.41, 5.74) is 8.88. The Morgan fingerprint density at radius 2 is 1.60 bits per heavy atom. The Hall–Kier alpha value is -3.48. The fraction of sp³-hybridized carbons (Fsp3) is 0.750. The summed E-state index contributed by atoms with van der Waals surface area (Å²) >= 11 is 2.25. The van der Waals surface area contributed by atoms with E-state index in [1.807, 2.05) is 12.1 Å². The Balaban J connectivity index is 1.02. The van der Waals surface area contributed by atoms with Crippen LogP contribution in [0.15, 0.2) is 35.9 Å². The van der Waals surface area contributed by atoms with E-state index >= 15 is 0 Å². The van der Waals surface area contributed by atoms with E-state index in [4.69, 9.17) is 20.0 Å². The number of hydrogen-bond donors (Lipinski definition) is 6. The zero-order valence-corrected chi connectivity index (χ0v) is 44.1. The van der Waals surface area contributed by atoms with Gasteiger partial charge in [0, 0.05) is 16.7 Å². The molecule has 0 spiro atoms. The number of alkyl halides is 1. The Bertz CT molecular complexity index is 1870. The van der Waals surface area contributed by atoms with Crippen LogP contribution in [0.4, 0.5) is 15.3 Å². The van der Waals surface area contributed by atoms with Gasteiger partial charge in [-0.3, -0.25) is 19.2 Å². The highest BCUT2D eigenvalue weighted by Gasteiger charge is 2.59. The zero-order chi connectivity index (χ0) is 49.6. The zero-order valence-electron chi connectivity index (χ0n) is 41.9. The number of nitrogens with two attached hydrogens (primary N) is 1. The van der Waals surface area contributed by atoms with Crippen molar-refractivity contribution < 1.29 is 43.4 Å². The van der Waals surface area contributed by atoms with Gasteiger partial charge >= 0.3 is 12.1 Å². The van der Waals surface area contributed by atoms with Gasteiger partial charge in [0.15, 0.2) is 0 Å². The van der Waals surface area contributed by atoms with Crippen LogP contribution < -0.4 is 27.0 Å². The van der Waals surface area contributed by atoms with E-state index in [0.717, 1.165) is 70.3 Å². The predicted molar refractivity (Wildman–Crippen MR) is 273 cm³/mol. The molecule has 0 aliphatic heterocycles. The molecule has 6 amide bonds. The summed E-state index contributed by atoms with van der Waals surface area (Å²) in [5.74, 6) is 2.76. The average Bonchev–Trinajstić information content (AvgIpc) is 3.65. The van der Waals surface area contributed by atoms with Gasteiger partial charge in [0.05, 0.1) is 32.5 Å². The van der Waals surface area contributed by atoms with Gasteiger partial charge < -0.3 is 41.6 Å². The molecule has 4 aliphatic carbocycles. The number of benzene rings is 1. The van der Waals surface area contributed by atoms with Gasteiger partial charge in [0.25, 0.3) is 0 Å². The van der Waals surface area contributed by atoms with E-state index in [1.165, 1.54) is 50.5 Å². The molecule has 68 heavy (non-hydrogen) atoms. The summed E-state index contributed by atoms with van der Waals surface area (Å²) < 4.78 is 12.0. The predicted octanol–water partition coefficient (Wildman–Crippen LogP) is 8.99. The number of hydrogen-bond acceptors (Lipinski definition) is 8. The number of primary amides is 1. The first-order chi connectivity index (χ1) is 32.4. The van der Waals surface area contributed by atoms with Gasteiger partial charge in [0.1, 0.15) is 18.7 Å². The molecular formula is C52H83IN6O9. The average molecular weight is 1060 g/mol. The molecule has 0 aromatic heterocycles. The molecule has 10 atom stereocenters. The Morgan fingerprint density at radius 1 is 0.868 bits per heavy atom. The second-order valence-corrected chi connectivity index (χ2v) is 22.2. The third-order valence-electron chi connectivity index (χ3n) is 16.0. The Morgan fingerprint density at radius 3 is 2.28 bits per heavy atom. The van der Waals surface area contributed by atoms with Crippen molar-refractivity contribution >= 4 is 58.1 Å². The number of nitrogens with zero attached hydrogens (tertiary/aromatic N) is 1. The van der Waals surface area contributed by atoms with Crippen LogP contribution in [-0.4, -0.2) is 97.7 Å². The molecule has 0 bridgehead atoms. The maximum Gasteiger partial charge on any atom is 0.431 e. The van der Waals surface area contributed by atoms with Crippen LogP contribution in [0, 0.1) is 52.3 Å². The second kappa shape index (κ2) is 26.1. The summed E-state index contributed by atoms with van der Waals surface area (Å²) in [4.78, 5) is 69.4. The van der Waals surface area contributed by atoms with E-state index in [1.54, 1.807) is 26.0 Å². The number of ether oxygens (including phenoxy) is 2. The van der Waals surface area contributed by atoms with Gasteiger partial charge in [-0.15, -0.1) is 0 Å². The van der Waals surface area contributed by atoms with E-state index in [0.29, 0.717) is 23.4 Å². The maximum absolute atomic E-state index is 13.5. The summed E-state index contributed by atoms with van der Waals surface area (Å²) in [6, 6.07) is 4.79. The van der Waals surface area contributed by atoms with Gasteiger partial charge in [-0.2, -0.15) is 5.06 Å². The molecule has 0 heterocycles. The minimum atomic E-state index is -1.16. The van der Waals surface area contributed by atoms with Crippen molar-refractivity contribution in [3.05, 3.63) is 41.5 Å². The largest absolute Gasteiger partial charge is 0.463 e. The van der Waals surface area contributed by atoms with Crippen molar-refractivity contribution in [1.29, 1.82) is 0 Å². The first-order valence-corrected chi connectivity index (χ1v) is 27.0. The van der Waals surface area contributed by atoms with Crippen molar-refractivity contribution in [2.75, 3.05) is 44.8 Å². The number of allylic oxidation sites excluding steroid dienone is 1. The number of halogens is 1. The monoisotopic (exact) mass is 1060 g/mol. The molecule has 1 aromatic carbocycles. The van der Waals surface area contributed by atoms with Crippen molar-refractivity contribution in [2.45, 2.75) is 155 Å². The highest BCUT2D eigenvalue weighted by atomic mass is 127. The minimum Gasteiger partial charge on any atom is -0.463 e. The maximum atomic E-state index is 13.5. The molecule has 382 valence electrons.